The van der Waals surface area contributed by atoms with E-state index in [0.29, 0.717) is 31.5 Å². The van der Waals surface area contributed by atoms with Crippen molar-refractivity contribution in [3.05, 3.63) is 0 Å². The zero-order chi connectivity index (χ0) is 13.8. The van der Waals surface area contributed by atoms with E-state index in [2.05, 4.69) is 5.32 Å². The lowest BCUT2D eigenvalue weighted by molar-refractivity contribution is -0.142. The summed E-state index contributed by atoms with van der Waals surface area (Å²) in [6, 6.07) is 0.0405. The first-order valence-electron chi connectivity index (χ1n) is 7.40. The van der Waals surface area contributed by atoms with Gasteiger partial charge in [0.1, 0.15) is 6.04 Å². The van der Waals surface area contributed by atoms with E-state index < -0.39 is 0 Å². The van der Waals surface area contributed by atoms with Crippen LogP contribution in [0.5, 0.6) is 0 Å². The van der Waals surface area contributed by atoms with Crippen molar-refractivity contribution in [2.45, 2.75) is 57.5 Å². The largest absolute Gasteiger partial charge is 0.353 e. The highest BCUT2D eigenvalue weighted by Crippen LogP contribution is 2.27. The zero-order valence-corrected chi connectivity index (χ0v) is 11.7. The molecule has 1 saturated carbocycles. The SMILES string of the molecule is CC1C(=O)NCCN1C(=O)CCC1CCC(N)CC1. The summed E-state index contributed by atoms with van der Waals surface area (Å²) in [4.78, 5) is 25.4. The van der Waals surface area contributed by atoms with Crippen LogP contribution in [0.25, 0.3) is 0 Å². The number of amides is 2. The van der Waals surface area contributed by atoms with Crippen LogP contribution in [-0.2, 0) is 9.59 Å². The molecule has 2 amide bonds. The first-order chi connectivity index (χ1) is 9.08. The number of carbonyl (C=O) groups excluding carboxylic acids is 2. The van der Waals surface area contributed by atoms with E-state index in [1.54, 1.807) is 11.8 Å². The van der Waals surface area contributed by atoms with Gasteiger partial charge < -0.3 is 16.0 Å². The molecule has 108 valence electrons. The van der Waals surface area contributed by atoms with Gasteiger partial charge in [0.15, 0.2) is 0 Å². The maximum Gasteiger partial charge on any atom is 0.242 e. The molecule has 5 nitrogen and oxygen atoms in total. The fourth-order valence-electron chi connectivity index (χ4n) is 3.07. The Hall–Kier alpha value is -1.10. The number of piperazine rings is 1. The number of nitrogens with one attached hydrogen (secondary N) is 1. The fourth-order valence-corrected chi connectivity index (χ4v) is 3.07. The number of nitrogens with two attached hydrogens (primary N) is 1. The second-order valence-electron chi connectivity index (χ2n) is 5.87. The predicted molar refractivity (Wildman–Crippen MR) is 73.4 cm³/mol. The molecule has 1 aliphatic carbocycles. The van der Waals surface area contributed by atoms with Gasteiger partial charge in [0.05, 0.1) is 0 Å². The summed E-state index contributed by atoms with van der Waals surface area (Å²) in [6.07, 6.45) is 5.96. The normalized spacial score (nSPS) is 32.0. The van der Waals surface area contributed by atoms with Crippen LogP contribution < -0.4 is 11.1 Å². The lowest BCUT2D eigenvalue weighted by Gasteiger charge is -2.33. The van der Waals surface area contributed by atoms with Gasteiger partial charge >= 0.3 is 0 Å². The van der Waals surface area contributed by atoms with Gasteiger partial charge in [-0.3, -0.25) is 9.59 Å². The van der Waals surface area contributed by atoms with E-state index in [1.807, 2.05) is 0 Å². The van der Waals surface area contributed by atoms with Crippen LogP contribution >= 0.6 is 0 Å². The van der Waals surface area contributed by atoms with Gasteiger partial charge in [0, 0.05) is 25.6 Å². The van der Waals surface area contributed by atoms with E-state index in [1.165, 1.54) is 0 Å². The maximum absolute atomic E-state index is 12.2. The minimum atomic E-state index is -0.318. The minimum Gasteiger partial charge on any atom is -0.353 e. The minimum absolute atomic E-state index is 0.0387. The summed E-state index contributed by atoms with van der Waals surface area (Å²) in [5.74, 6) is 0.720. The van der Waals surface area contributed by atoms with Crippen LogP contribution in [0.2, 0.25) is 0 Å². The van der Waals surface area contributed by atoms with Crippen LogP contribution in [0, 0.1) is 5.92 Å². The Balaban J connectivity index is 1.76. The summed E-state index contributed by atoms with van der Waals surface area (Å²) in [5.41, 5.74) is 5.88. The Kier molecular flexibility index (Phi) is 4.80. The van der Waals surface area contributed by atoms with E-state index in [4.69, 9.17) is 5.73 Å². The van der Waals surface area contributed by atoms with Gasteiger partial charge in [0.2, 0.25) is 11.8 Å². The summed E-state index contributed by atoms with van der Waals surface area (Å²) in [7, 11) is 0. The van der Waals surface area contributed by atoms with Gasteiger partial charge in [-0.25, -0.2) is 0 Å². The van der Waals surface area contributed by atoms with Crippen LogP contribution in [0.4, 0.5) is 0 Å². The molecule has 19 heavy (non-hydrogen) atoms. The molecule has 1 heterocycles. The van der Waals surface area contributed by atoms with Crippen LogP contribution in [0.3, 0.4) is 0 Å². The van der Waals surface area contributed by atoms with Gasteiger partial charge in [-0.05, 0) is 44.9 Å². The van der Waals surface area contributed by atoms with E-state index in [0.717, 1.165) is 32.1 Å². The lowest BCUT2D eigenvalue weighted by atomic mass is 9.83. The molecule has 1 saturated heterocycles. The molecule has 2 rings (SSSR count). The molecule has 2 fully saturated rings. The second kappa shape index (κ2) is 6.37. The van der Waals surface area contributed by atoms with Crippen molar-refractivity contribution >= 4 is 11.8 Å². The van der Waals surface area contributed by atoms with Crippen molar-refractivity contribution in [3.63, 3.8) is 0 Å². The molecule has 0 radical (unpaired) electrons. The van der Waals surface area contributed by atoms with Crippen molar-refractivity contribution in [2.75, 3.05) is 13.1 Å². The highest BCUT2D eigenvalue weighted by molar-refractivity contribution is 5.88. The molecule has 5 heteroatoms. The molecular weight excluding hydrogens is 242 g/mol. The Morgan fingerprint density at radius 1 is 1.37 bits per heavy atom. The third-order valence-corrected chi connectivity index (χ3v) is 4.48. The number of hydrogen-bond donors (Lipinski definition) is 2. The second-order valence-corrected chi connectivity index (χ2v) is 5.87. The third kappa shape index (κ3) is 3.69. The van der Waals surface area contributed by atoms with Crippen molar-refractivity contribution in [1.82, 2.24) is 10.2 Å². The summed E-state index contributed by atoms with van der Waals surface area (Å²) >= 11 is 0. The van der Waals surface area contributed by atoms with Crippen molar-refractivity contribution in [3.8, 4) is 0 Å². The molecule has 0 aromatic carbocycles. The number of rotatable bonds is 3. The molecule has 0 spiro atoms. The molecule has 1 aliphatic heterocycles. The average Bonchev–Trinajstić information content (AvgIpc) is 2.41. The van der Waals surface area contributed by atoms with E-state index >= 15 is 0 Å². The summed E-state index contributed by atoms with van der Waals surface area (Å²) in [6.45, 7) is 3.01. The average molecular weight is 267 g/mol. The van der Waals surface area contributed by atoms with Crippen LogP contribution in [0.15, 0.2) is 0 Å². The number of hydrogen-bond acceptors (Lipinski definition) is 3. The van der Waals surface area contributed by atoms with Gasteiger partial charge in [-0.15, -0.1) is 0 Å². The molecule has 1 atom stereocenters. The Morgan fingerprint density at radius 2 is 2.05 bits per heavy atom. The van der Waals surface area contributed by atoms with E-state index in [9.17, 15) is 9.59 Å². The standard InChI is InChI=1S/C14H25N3O2/c1-10-14(19)16-8-9-17(10)13(18)7-4-11-2-5-12(15)6-3-11/h10-12H,2-9,15H2,1H3,(H,16,19). The number of nitrogens with zero attached hydrogens (tertiary/aromatic N) is 1. The number of carbonyl (C=O) groups is 2. The van der Waals surface area contributed by atoms with E-state index in [-0.39, 0.29) is 17.9 Å². The topological polar surface area (TPSA) is 75.4 Å². The smallest absolute Gasteiger partial charge is 0.242 e. The Labute approximate surface area is 114 Å². The molecule has 2 aliphatic rings. The monoisotopic (exact) mass is 267 g/mol. The van der Waals surface area contributed by atoms with Gasteiger partial charge in [0.25, 0.3) is 0 Å². The van der Waals surface area contributed by atoms with Crippen molar-refractivity contribution in [1.29, 1.82) is 0 Å². The Morgan fingerprint density at radius 3 is 2.74 bits per heavy atom. The lowest BCUT2D eigenvalue weighted by Crippen LogP contribution is -2.55. The molecule has 3 N–H and O–H groups in total. The molecule has 0 aromatic rings. The van der Waals surface area contributed by atoms with Gasteiger partial charge in [-0.2, -0.15) is 0 Å². The molecule has 0 aromatic heterocycles. The van der Waals surface area contributed by atoms with Crippen molar-refractivity contribution in [2.24, 2.45) is 11.7 Å². The quantitative estimate of drug-likeness (QED) is 0.787. The highest BCUT2D eigenvalue weighted by Gasteiger charge is 2.29. The maximum atomic E-state index is 12.2. The zero-order valence-electron chi connectivity index (χ0n) is 11.7. The fraction of sp³-hybridized carbons (Fsp3) is 0.857. The third-order valence-electron chi connectivity index (χ3n) is 4.48. The predicted octanol–water partition coefficient (Wildman–Crippen LogP) is 0.631. The Bertz CT molecular complexity index is 338. The summed E-state index contributed by atoms with van der Waals surface area (Å²) in [5, 5.41) is 2.78. The van der Waals surface area contributed by atoms with Crippen LogP contribution in [0.1, 0.15) is 45.4 Å². The molecular formula is C14H25N3O2. The van der Waals surface area contributed by atoms with Gasteiger partial charge in [-0.1, -0.05) is 0 Å². The van der Waals surface area contributed by atoms with Crippen LogP contribution in [-0.4, -0.2) is 41.9 Å². The highest BCUT2D eigenvalue weighted by atomic mass is 16.2. The summed E-state index contributed by atoms with van der Waals surface area (Å²) < 4.78 is 0. The first-order valence-corrected chi connectivity index (χ1v) is 7.40. The molecule has 0 bridgehead atoms. The first kappa shape index (κ1) is 14.3. The van der Waals surface area contributed by atoms with Crippen molar-refractivity contribution < 1.29 is 9.59 Å². The molecule has 1 unspecified atom stereocenters.